The molecule has 1 aliphatic rings. The smallest absolute Gasteiger partial charge is 0.305 e. The summed E-state index contributed by atoms with van der Waals surface area (Å²) in [7, 11) is 0. The molecule has 1 atom stereocenters. The molecule has 2 aromatic rings. The summed E-state index contributed by atoms with van der Waals surface area (Å²) >= 11 is 0. The highest BCUT2D eigenvalue weighted by molar-refractivity contribution is 5.94. The Hall–Kier alpha value is -3.07. The van der Waals surface area contributed by atoms with Gasteiger partial charge in [-0.3, -0.25) is 9.59 Å². The highest BCUT2D eigenvalue weighted by Gasteiger charge is 2.26. The Morgan fingerprint density at radius 2 is 2.32 bits per heavy atom. The Kier molecular flexibility index (Phi) is 3.62. The van der Waals surface area contributed by atoms with Crippen LogP contribution in [0.1, 0.15) is 34.2 Å². The van der Waals surface area contributed by atoms with Gasteiger partial charge in [0.1, 0.15) is 11.4 Å². The molecule has 0 spiro atoms. The number of carbonyl (C=O) groups is 2. The van der Waals surface area contributed by atoms with Gasteiger partial charge in [-0.1, -0.05) is 12.0 Å². The molecule has 1 aliphatic heterocycles. The van der Waals surface area contributed by atoms with Gasteiger partial charge in [0.05, 0.1) is 12.5 Å². The molecule has 0 radical (unpaired) electrons. The normalized spacial score (nSPS) is 16.2. The zero-order chi connectivity index (χ0) is 15.5. The molecule has 22 heavy (non-hydrogen) atoms. The number of hydrogen-bond acceptors (Lipinski definition) is 3. The maximum absolute atomic E-state index is 11.9. The fraction of sp³-hybridized carbons (Fsp3) is 0.188. The molecule has 2 N–H and O–H groups in total. The maximum Gasteiger partial charge on any atom is 0.305 e. The molecule has 3 rings (SSSR count). The number of amides is 1. The van der Waals surface area contributed by atoms with Crippen molar-refractivity contribution in [2.75, 3.05) is 6.54 Å². The number of hydrogen-bond donors (Lipinski definition) is 2. The summed E-state index contributed by atoms with van der Waals surface area (Å²) in [5.74, 6) is 4.75. The predicted octanol–water partition coefficient (Wildman–Crippen LogP) is 1.04. The Bertz CT molecular complexity index is 784. The summed E-state index contributed by atoms with van der Waals surface area (Å²) in [6, 6.07) is 6.82. The van der Waals surface area contributed by atoms with Crippen molar-refractivity contribution in [1.29, 1.82) is 0 Å². The zero-order valence-electron chi connectivity index (χ0n) is 11.6. The van der Waals surface area contributed by atoms with Gasteiger partial charge in [0.2, 0.25) is 0 Å². The SMILES string of the molecule is O=C(O)CC1CNC(=O)c2cc(C#Cc3ccccn3)cn21. The van der Waals surface area contributed by atoms with Gasteiger partial charge >= 0.3 is 5.97 Å². The fourth-order valence-corrected chi connectivity index (χ4v) is 2.38. The van der Waals surface area contributed by atoms with Crippen LogP contribution in [0.15, 0.2) is 36.7 Å². The van der Waals surface area contributed by atoms with Crippen molar-refractivity contribution >= 4 is 11.9 Å². The van der Waals surface area contributed by atoms with E-state index in [0.29, 0.717) is 23.5 Å². The molecule has 2 aromatic heterocycles. The molecule has 1 amide bonds. The van der Waals surface area contributed by atoms with Crippen LogP contribution in [0.5, 0.6) is 0 Å². The molecular weight excluding hydrogens is 282 g/mol. The second-order valence-corrected chi connectivity index (χ2v) is 4.95. The van der Waals surface area contributed by atoms with E-state index in [-0.39, 0.29) is 18.4 Å². The van der Waals surface area contributed by atoms with E-state index < -0.39 is 5.97 Å². The monoisotopic (exact) mass is 295 g/mol. The third-order valence-corrected chi connectivity index (χ3v) is 3.38. The number of aliphatic carboxylic acids is 1. The number of pyridine rings is 1. The lowest BCUT2D eigenvalue weighted by molar-refractivity contribution is -0.137. The van der Waals surface area contributed by atoms with Crippen LogP contribution >= 0.6 is 0 Å². The number of carboxylic acid groups (broad SMARTS) is 1. The lowest BCUT2D eigenvalue weighted by Crippen LogP contribution is -2.39. The van der Waals surface area contributed by atoms with Gasteiger partial charge in [-0.05, 0) is 24.1 Å². The number of carboxylic acids is 1. The standard InChI is InChI=1S/C16H13N3O3/c20-15(21)8-13-9-18-16(22)14-7-11(10-19(13)14)4-5-12-3-1-2-6-17-12/h1-3,6-7,10,13H,8-9H2,(H,18,22)(H,20,21). The maximum atomic E-state index is 11.9. The van der Waals surface area contributed by atoms with Crippen molar-refractivity contribution in [3.8, 4) is 11.8 Å². The molecule has 0 saturated heterocycles. The Morgan fingerprint density at radius 1 is 1.45 bits per heavy atom. The van der Waals surface area contributed by atoms with Crippen LogP contribution in [0.3, 0.4) is 0 Å². The second-order valence-electron chi connectivity index (χ2n) is 4.95. The minimum Gasteiger partial charge on any atom is -0.481 e. The first-order chi connectivity index (χ1) is 10.6. The fourth-order valence-electron chi connectivity index (χ4n) is 2.38. The summed E-state index contributed by atoms with van der Waals surface area (Å²) in [5.41, 5.74) is 1.73. The summed E-state index contributed by atoms with van der Waals surface area (Å²) < 4.78 is 1.69. The number of rotatable bonds is 2. The lowest BCUT2D eigenvalue weighted by Gasteiger charge is -2.24. The molecule has 0 aromatic carbocycles. The molecule has 0 aliphatic carbocycles. The summed E-state index contributed by atoms with van der Waals surface area (Å²) in [6.07, 6.45) is 3.33. The van der Waals surface area contributed by atoms with Crippen LogP contribution in [0, 0.1) is 11.8 Å². The van der Waals surface area contributed by atoms with Crippen LogP contribution < -0.4 is 5.32 Å². The van der Waals surface area contributed by atoms with E-state index in [2.05, 4.69) is 22.1 Å². The van der Waals surface area contributed by atoms with Crippen molar-refractivity contribution < 1.29 is 14.7 Å². The van der Waals surface area contributed by atoms with Crippen LogP contribution in [0.4, 0.5) is 0 Å². The van der Waals surface area contributed by atoms with Gasteiger partial charge in [0.15, 0.2) is 0 Å². The van der Waals surface area contributed by atoms with E-state index >= 15 is 0 Å². The topological polar surface area (TPSA) is 84.2 Å². The first-order valence-electron chi connectivity index (χ1n) is 6.78. The molecule has 0 saturated carbocycles. The van der Waals surface area contributed by atoms with E-state index in [1.165, 1.54) is 0 Å². The van der Waals surface area contributed by atoms with Gasteiger partial charge < -0.3 is 15.0 Å². The Balaban J connectivity index is 1.91. The highest BCUT2D eigenvalue weighted by Crippen LogP contribution is 2.21. The van der Waals surface area contributed by atoms with E-state index in [9.17, 15) is 9.59 Å². The van der Waals surface area contributed by atoms with Gasteiger partial charge in [-0.2, -0.15) is 0 Å². The van der Waals surface area contributed by atoms with E-state index in [1.54, 1.807) is 29.1 Å². The van der Waals surface area contributed by atoms with Crippen LogP contribution in [0.2, 0.25) is 0 Å². The number of fused-ring (bicyclic) bond motifs is 1. The quantitative estimate of drug-likeness (QED) is 0.811. The number of nitrogens with one attached hydrogen (secondary N) is 1. The van der Waals surface area contributed by atoms with Crippen molar-refractivity contribution in [1.82, 2.24) is 14.9 Å². The van der Waals surface area contributed by atoms with Gasteiger partial charge in [0.25, 0.3) is 5.91 Å². The van der Waals surface area contributed by atoms with Crippen molar-refractivity contribution in [2.45, 2.75) is 12.5 Å². The summed E-state index contributed by atoms with van der Waals surface area (Å²) in [6.45, 7) is 0.305. The number of aromatic nitrogens is 2. The third-order valence-electron chi connectivity index (χ3n) is 3.38. The molecule has 0 fully saturated rings. The van der Waals surface area contributed by atoms with E-state index in [1.807, 2.05) is 12.1 Å². The van der Waals surface area contributed by atoms with E-state index in [0.717, 1.165) is 0 Å². The average Bonchev–Trinajstić information content (AvgIpc) is 2.94. The van der Waals surface area contributed by atoms with Crippen molar-refractivity contribution in [2.24, 2.45) is 0 Å². The minimum atomic E-state index is -0.901. The second kappa shape index (κ2) is 5.74. The first kappa shape index (κ1) is 13.9. The largest absolute Gasteiger partial charge is 0.481 e. The van der Waals surface area contributed by atoms with Crippen LogP contribution in [0.25, 0.3) is 0 Å². The first-order valence-corrected chi connectivity index (χ1v) is 6.78. The molecule has 6 heteroatoms. The predicted molar refractivity (Wildman–Crippen MR) is 78.3 cm³/mol. The van der Waals surface area contributed by atoms with Gasteiger partial charge in [-0.25, -0.2) is 4.98 Å². The van der Waals surface area contributed by atoms with Crippen LogP contribution in [-0.4, -0.2) is 33.1 Å². The molecule has 0 bridgehead atoms. The zero-order valence-corrected chi connectivity index (χ0v) is 11.6. The van der Waals surface area contributed by atoms with E-state index in [4.69, 9.17) is 5.11 Å². The minimum absolute atomic E-state index is 0.0466. The number of carbonyl (C=O) groups excluding carboxylic acids is 1. The van der Waals surface area contributed by atoms with Gasteiger partial charge in [0, 0.05) is 24.5 Å². The number of nitrogens with zero attached hydrogens (tertiary/aromatic N) is 2. The Morgan fingerprint density at radius 3 is 3.05 bits per heavy atom. The highest BCUT2D eigenvalue weighted by atomic mass is 16.4. The molecular formula is C16H13N3O3. The summed E-state index contributed by atoms with van der Waals surface area (Å²) in [5, 5.41) is 11.7. The molecule has 1 unspecified atom stereocenters. The Labute approximate surface area is 126 Å². The molecule has 6 nitrogen and oxygen atoms in total. The molecule has 3 heterocycles. The van der Waals surface area contributed by atoms with Crippen LogP contribution in [-0.2, 0) is 4.79 Å². The molecule has 110 valence electrons. The third kappa shape index (κ3) is 2.83. The van der Waals surface area contributed by atoms with Crippen molar-refractivity contribution in [3.63, 3.8) is 0 Å². The summed E-state index contributed by atoms with van der Waals surface area (Å²) in [4.78, 5) is 26.9. The lowest BCUT2D eigenvalue weighted by atomic mass is 10.1. The average molecular weight is 295 g/mol. The van der Waals surface area contributed by atoms with Crippen molar-refractivity contribution in [3.05, 3.63) is 53.6 Å². The van der Waals surface area contributed by atoms with Gasteiger partial charge in [-0.15, -0.1) is 0 Å².